The molecule has 0 radical (unpaired) electrons. The van der Waals surface area contributed by atoms with Gasteiger partial charge >= 0.3 is 29.2 Å². The second-order valence-electron chi connectivity index (χ2n) is 6.42. The van der Waals surface area contributed by atoms with Gasteiger partial charge in [-0.05, 0) is 0 Å². The number of nitrogens with zero attached hydrogens (tertiary/aromatic N) is 1. The summed E-state index contributed by atoms with van der Waals surface area (Å²) in [6, 6.07) is 0. The van der Waals surface area contributed by atoms with Gasteiger partial charge in [0, 0.05) is 5.92 Å². The van der Waals surface area contributed by atoms with E-state index in [0.29, 0.717) is 10.8 Å². The number of H-pyrrole nitrogens is 1. The highest BCUT2D eigenvalue weighted by Crippen LogP contribution is 2.66. The van der Waals surface area contributed by atoms with Crippen molar-refractivity contribution in [2.24, 2.45) is 11.7 Å². The standard InChI is InChI=1S/C12H17FN3O14P3/c1-2-12(14)6(4-17)8(28-10(12)16-3-7(13)9(18)15-11(16)19)5-27-32(23,24)30-33(25,26)29-31(20,21)22/h1,3,6,8,10,17H,4-5,14H2,(H,23,24)(H,25,26)(H,15,18,19)(H2,20,21,22)/t6?,8-,10-,12?/m1/s1. The molecule has 0 aliphatic carbocycles. The maximum Gasteiger partial charge on any atom is 0.490 e. The Morgan fingerprint density at radius 3 is 2.36 bits per heavy atom. The van der Waals surface area contributed by atoms with Crippen molar-refractivity contribution in [3.8, 4) is 12.3 Å². The lowest BCUT2D eigenvalue weighted by Gasteiger charge is -2.29. The lowest BCUT2D eigenvalue weighted by molar-refractivity contribution is -0.0407. The van der Waals surface area contributed by atoms with Gasteiger partial charge < -0.3 is 35.2 Å². The van der Waals surface area contributed by atoms with E-state index in [2.05, 4.69) is 19.1 Å². The maximum absolute atomic E-state index is 13.7. The molecule has 0 spiro atoms. The zero-order chi connectivity index (χ0) is 25.4. The highest BCUT2D eigenvalue weighted by molar-refractivity contribution is 7.66. The van der Waals surface area contributed by atoms with E-state index in [1.165, 1.54) is 0 Å². The minimum absolute atomic E-state index is 0.421. The summed E-state index contributed by atoms with van der Waals surface area (Å²) in [6.07, 6.45) is 2.53. The summed E-state index contributed by atoms with van der Waals surface area (Å²) in [5, 5.41) is 9.70. The molecule has 21 heteroatoms. The highest BCUT2D eigenvalue weighted by atomic mass is 31.3. The van der Waals surface area contributed by atoms with E-state index >= 15 is 0 Å². The van der Waals surface area contributed by atoms with Crippen LogP contribution in [0, 0.1) is 24.1 Å². The Morgan fingerprint density at radius 1 is 1.24 bits per heavy atom. The lowest BCUT2D eigenvalue weighted by Crippen LogP contribution is -2.53. The average molecular weight is 539 g/mol. The van der Waals surface area contributed by atoms with Crippen LogP contribution in [0.4, 0.5) is 4.39 Å². The third-order valence-electron chi connectivity index (χ3n) is 4.22. The van der Waals surface area contributed by atoms with E-state index in [1.54, 1.807) is 4.98 Å². The molecule has 1 aliphatic rings. The first-order chi connectivity index (χ1) is 14.9. The molecule has 33 heavy (non-hydrogen) atoms. The number of aliphatic hydroxyl groups is 1. The summed E-state index contributed by atoms with van der Waals surface area (Å²) in [5.74, 6) is -0.730. The first-order valence-corrected chi connectivity index (χ1v) is 12.8. The van der Waals surface area contributed by atoms with E-state index in [4.69, 9.17) is 31.6 Å². The smallest absolute Gasteiger partial charge is 0.396 e. The molecule has 2 rings (SSSR count). The third kappa shape index (κ3) is 6.53. The molecule has 17 nitrogen and oxygen atoms in total. The van der Waals surface area contributed by atoms with Crippen LogP contribution in [0.2, 0.25) is 0 Å². The van der Waals surface area contributed by atoms with Crippen molar-refractivity contribution in [1.29, 1.82) is 0 Å². The van der Waals surface area contributed by atoms with Crippen molar-refractivity contribution in [3.05, 3.63) is 32.9 Å². The molecular weight excluding hydrogens is 522 g/mol. The van der Waals surface area contributed by atoms with Crippen LogP contribution in [0.3, 0.4) is 0 Å². The fraction of sp³-hybridized carbons (Fsp3) is 0.500. The van der Waals surface area contributed by atoms with E-state index in [9.17, 15) is 37.7 Å². The Balaban J connectivity index is 2.29. The fourth-order valence-corrected chi connectivity index (χ4v) is 5.90. The molecule has 1 fully saturated rings. The zero-order valence-electron chi connectivity index (χ0n) is 16.0. The van der Waals surface area contributed by atoms with Gasteiger partial charge in [0.05, 0.1) is 25.5 Å². The number of ether oxygens (including phenoxy) is 1. The number of aromatic nitrogens is 2. The SMILES string of the molecule is C#CC1(N)C(CO)[C@@H](COP(=O)(O)OP(=O)(O)OP(=O)(O)O)O[C@H]1n1cc(F)c(=O)[nH]c1=O. The summed E-state index contributed by atoms with van der Waals surface area (Å²) in [7, 11) is -17.0. The minimum Gasteiger partial charge on any atom is -0.396 e. The van der Waals surface area contributed by atoms with Gasteiger partial charge in [-0.25, -0.2) is 18.5 Å². The number of aromatic amines is 1. The van der Waals surface area contributed by atoms with Gasteiger partial charge in [-0.2, -0.15) is 13.0 Å². The zero-order valence-corrected chi connectivity index (χ0v) is 18.6. The van der Waals surface area contributed by atoms with Crippen molar-refractivity contribution in [3.63, 3.8) is 0 Å². The lowest BCUT2D eigenvalue weighted by atomic mass is 9.83. The van der Waals surface area contributed by atoms with Crippen LogP contribution in [0.1, 0.15) is 6.23 Å². The van der Waals surface area contributed by atoms with Gasteiger partial charge in [-0.3, -0.25) is 18.9 Å². The van der Waals surface area contributed by atoms with Crippen LogP contribution in [-0.4, -0.2) is 59.1 Å². The first-order valence-electron chi connectivity index (χ1n) is 8.27. The Kier molecular flexibility index (Phi) is 8.06. The summed E-state index contributed by atoms with van der Waals surface area (Å²) in [4.78, 5) is 60.7. The largest absolute Gasteiger partial charge is 0.490 e. The number of rotatable bonds is 9. The number of phosphoric ester groups is 1. The van der Waals surface area contributed by atoms with Crippen LogP contribution >= 0.6 is 23.5 Å². The molecule has 1 aromatic heterocycles. The highest BCUT2D eigenvalue weighted by Gasteiger charge is 2.55. The van der Waals surface area contributed by atoms with Crippen molar-refractivity contribution < 1.29 is 60.6 Å². The molecule has 0 amide bonds. The monoisotopic (exact) mass is 539 g/mol. The van der Waals surface area contributed by atoms with Crippen LogP contribution in [0.15, 0.2) is 15.8 Å². The Bertz CT molecular complexity index is 1200. The number of hydrogen-bond acceptors (Lipinski definition) is 11. The molecule has 6 atom stereocenters. The van der Waals surface area contributed by atoms with Crippen molar-refractivity contribution >= 4 is 23.5 Å². The van der Waals surface area contributed by atoms with Gasteiger partial charge in [0.25, 0.3) is 5.56 Å². The van der Waals surface area contributed by atoms with Gasteiger partial charge in [0.1, 0.15) is 5.54 Å². The summed E-state index contributed by atoms with van der Waals surface area (Å²) < 4.78 is 65.0. The van der Waals surface area contributed by atoms with Gasteiger partial charge in [0.15, 0.2) is 6.23 Å². The Labute approximate surface area is 182 Å². The number of nitrogens with two attached hydrogens (primary N) is 1. The third-order valence-corrected chi connectivity index (χ3v) is 8.02. The number of terminal acetylenes is 1. The summed E-state index contributed by atoms with van der Waals surface area (Å²) >= 11 is 0. The van der Waals surface area contributed by atoms with Gasteiger partial charge in [0.2, 0.25) is 5.82 Å². The predicted octanol–water partition coefficient (Wildman–Crippen LogP) is -2.14. The fourth-order valence-electron chi connectivity index (χ4n) is 2.87. The number of halogens is 1. The minimum atomic E-state index is -5.80. The molecule has 2 heterocycles. The Morgan fingerprint density at radius 2 is 1.85 bits per heavy atom. The van der Waals surface area contributed by atoms with E-state index in [1.807, 2.05) is 0 Å². The van der Waals surface area contributed by atoms with Crippen LogP contribution in [0.5, 0.6) is 0 Å². The van der Waals surface area contributed by atoms with Crippen LogP contribution in [0.25, 0.3) is 0 Å². The normalized spacial score (nSPS) is 29.2. The number of nitrogens with one attached hydrogen (secondary N) is 1. The molecule has 0 saturated carbocycles. The van der Waals surface area contributed by atoms with Crippen molar-refractivity contribution in [2.75, 3.05) is 13.2 Å². The van der Waals surface area contributed by atoms with Gasteiger partial charge in [-0.15, -0.1) is 6.42 Å². The number of phosphoric acid groups is 3. The van der Waals surface area contributed by atoms with Crippen LogP contribution < -0.4 is 17.0 Å². The summed E-state index contributed by atoms with van der Waals surface area (Å²) in [6.45, 7) is -1.94. The van der Waals surface area contributed by atoms with E-state index < -0.39 is 77.5 Å². The number of aliphatic hydroxyl groups excluding tert-OH is 1. The maximum atomic E-state index is 13.7. The molecule has 0 aromatic carbocycles. The second kappa shape index (κ2) is 9.61. The van der Waals surface area contributed by atoms with Crippen molar-refractivity contribution in [2.45, 2.75) is 17.9 Å². The van der Waals surface area contributed by atoms with E-state index in [0.717, 1.165) is 0 Å². The molecule has 1 aliphatic heterocycles. The molecular formula is C12H17FN3O14P3. The molecule has 4 unspecified atom stereocenters. The molecule has 186 valence electrons. The molecule has 1 aromatic rings. The number of hydrogen-bond donors (Lipinski definition) is 7. The molecule has 0 bridgehead atoms. The first kappa shape index (κ1) is 27.7. The van der Waals surface area contributed by atoms with Crippen molar-refractivity contribution in [1.82, 2.24) is 9.55 Å². The van der Waals surface area contributed by atoms with Gasteiger partial charge in [-0.1, -0.05) is 5.92 Å². The molecule has 1 saturated heterocycles. The van der Waals surface area contributed by atoms with Crippen LogP contribution in [-0.2, 0) is 31.6 Å². The molecule has 8 N–H and O–H groups in total. The second-order valence-corrected chi connectivity index (χ2v) is 10.8. The topological polar surface area (TPSA) is 270 Å². The van der Waals surface area contributed by atoms with E-state index in [-0.39, 0.29) is 0 Å². The quantitative estimate of drug-likeness (QED) is 0.130. The Hall–Kier alpha value is -1.54. The summed E-state index contributed by atoms with van der Waals surface area (Å²) in [5.41, 5.74) is 1.40. The average Bonchev–Trinajstić information content (AvgIpc) is 2.92. The predicted molar refractivity (Wildman–Crippen MR) is 101 cm³/mol.